The molecule has 0 saturated heterocycles. The van der Waals surface area contributed by atoms with Crippen molar-refractivity contribution in [2.75, 3.05) is 39.6 Å². The van der Waals surface area contributed by atoms with Crippen LogP contribution in [0.3, 0.4) is 0 Å². The molecule has 1 saturated carbocycles. The Labute approximate surface area is 111 Å². The number of carboxylic acids is 1. The standard InChI is InChI=1S/C11H20N2O4S/c1-17-6-5-13(7-9(14)15)10(16)12-8-11(18-2)3-4-11/h3-8H2,1-2H3,(H,12,16)(H,14,15). The third-order valence-electron chi connectivity index (χ3n) is 2.98. The van der Waals surface area contributed by atoms with Gasteiger partial charge in [0.15, 0.2) is 0 Å². The van der Waals surface area contributed by atoms with E-state index in [0.717, 1.165) is 12.8 Å². The van der Waals surface area contributed by atoms with Crippen molar-refractivity contribution in [2.45, 2.75) is 17.6 Å². The summed E-state index contributed by atoms with van der Waals surface area (Å²) in [6, 6.07) is -0.338. The van der Waals surface area contributed by atoms with Crippen molar-refractivity contribution >= 4 is 23.8 Å². The highest BCUT2D eigenvalue weighted by atomic mass is 32.2. The Hall–Kier alpha value is -0.950. The summed E-state index contributed by atoms with van der Waals surface area (Å²) in [6.07, 6.45) is 4.23. The van der Waals surface area contributed by atoms with Crippen molar-refractivity contribution in [1.29, 1.82) is 0 Å². The number of amides is 2. The highest BCUT2D eigenvalue weighted by Gasteiger charge is 2.42. The Kier molecular flexibility index (Phi) is 5.74. The normalized spacial score (nSPS) is 16.1. The Morgan fingerprint density at radius 3 is 2.61 bits per heavy atom. The van der Waals surface area contributed by atoms with Crippen LogP contribution in [-0.2, 0) is 9.53 Å². The largest absolute Gasteiger partial charge is 0.480 e. The minimum atomic E-state index is -1.02. The van der Waals surface area contributed by atoms with Crippen molar-refractivity contribution in [3.05, 3.63) is 0 Å². The van der Waals surface area contributed by atoms with Gasteiger partial charge in [-0.05, 0) is 19.1 Å². The number of aliphatic carboxylic acids is 1. The van der Waals surface area contributed by atoms with Crippen LogP contribution in [0.15, 0.2) is 0 Å². The average Bonchev–Trinajstić information content (AvgIpc) is 3.12. The van der Waals surface area contributed by atoms with Crippen LogP contribution < -0.4 is 5.32 Å². The molecule has 0 atom stereocenters. The average molecular weight is 276 g/mol. The number of carboxylic acid groups (broad SMARTS) is 1. The predicted octanol–water partition coefficient (Wildman–Crippen LogP) is 0.625. The van der Waals surface area contributed by atoms with Crippen molar-refractivity contribution in [3.8, 4) is 0 Å². The van der Waals surface area contributed by atoms with Gasteiger partial charge in [0.2, 0.25) is 0 Å². The molecule has 1 fully saturated rings. The SMILES string of the molecule is COCCN(CC(=O)O)C(=O)NCC1(SC)CC1. The van der Waals surface area contributed by atoms with Crippen LogP contribution >= 0.6 is 11.8 Å². The summed E-state index contributed by atoms with van der Waals surface area (Å²) in [7, 11) is 1.52. The smallest absolute Gasteiger partial charge is 0.323 e. The van der Waals surface area contributed by atoms with E-state index in [1.54, 1.807) is 11.8 Å². The fourth-order valence-electron chi connectivity index (χ4n) is 1.56. The van der Waals surface area contributed by atoms with E-state index in [0.29, 0.717) is 13.2 Å². The molecule has 0 aromatic heterocycles. The lowest BCUT2D eigenvalue weighted by atomic mass is 10.4. The van der Waals surface area contributed by atoms with E-state index in [1.807, 2.05) is 6.26 Å². The molecule has 0 aliphatic heterocycles. The maximum atomic E-state index is 11.9. The number of nitrogens with zero attached hydrogens (tertiary/aromatic N) is 1. The number of nitrogens with one attached hydrogen (secondary N) is 1. The minimum absolute atomic E-state index is 0.172. The Balaban J connectivity index is 2.40. The summed E-state index contributed by atoms with van der Waals surface area (Å²) in [5.74, 6) is -1.02. The van der Waals surface area contributed by atoms with Gasteiger partial charge in [-0.25, -0.2) is 4.79 Å². The summed E-state index contributed by atoms with van der Waals surface area (Å²) in [6.45, 7) is 0.896. The maximum Gasteiger partial charge on any atom is 0.323 e. The molecule has 0 radical (unpaired) electrons. The van der Waals surface area contributed by atoms with Crippen molar-refractivity contribution in [1.82, 2.24) is 10.2 Å². The molecular formula is C11H20N2O4S. The van der Waals surface area contributed by atoms with Gasteiger partial charge in [-0.3, -0.25) is 4.79 Å². The first-order valence-electron chi connectivity index (χ1n) is 5.81. The molecule has 2 amide bonds. The molecule has 6 nitrogen and oxygen atoms in total. The van der Waals surface area contributed by atoms with E-state index >= 15 is 0 Å². The zero-order valence-electron chi connectivity index (χ0n) is 10.8. The Morgan fingerprint density at radius 2 is 2.17 bits per heavy atom. The third-order valence-corrected chi connectivity index (χ3v) is 4.40. The summed E-state index contributed by atoms with van der Waals surface area (Å²) >= 11 is 1.75. The molecular weight excluding hydrogens is 256 g/mol. The molecule has 0 unspecified atom stereocenters. The van der Waals surface area contributed by atoms with Crippen LogP contribution in [0, 0.1) is 0 Å². The lowest BCUT2D eigenvalue weighted by molar-refractivity contribution is -0.137. The summed E-state index contributed by atoms with van der Waals surface area (Å²) in [4.78, 5) is 23.8. The van der Waals surface area contributed by atoms with Gasteiger partial charge >= 0.3 is 12.0 Å². The lowest BCUT2D eigenvalue weighted by Gasteiger charge is -2.22. The first kappa shape index (κ1) is 15.1. The van der Waals surface area contributed by atoms with E-state index in [9.17, 15) is 9.59 Å². The highest BCUT2D eigenvalue weighted by molar-refractivity contribution is 8.00. The molecule has 104 valence electrons. The first-order chi connectivity index (χ1) is 8.53. The van der Waals surface area contributed by atoms with Crippen LogP contribution in [0.5, 0.6) is 0 Å². The number of hydrogen-bond donors (Lipinski definition) is 2. The number of hydrogen-bond acceptors (Lipinski definition) is 4. The Morgan fingerprint density at radius 1 is 1.50 bits per heavy atom. The fourth-order valence-corrected chi connectivity index (χ4v) is 2.28. The van der Waals surface area contributed by atoms with Gasteiger partial charge in [-0.15, -0.1) is 0 Å². The molecule has 0 spiro atoms. The topological polar surface area (TPSA) is 78.9 Å². The van der Waals surface area contributed by atoms with Gasteiger partial charge in [0.05, 0.1) is 6.61 Å². The number of urea groups is 1. The van der Waals surface area contributed by atoms with Crippen LogP contribution in [0.25, 0.3) is 0 Å². The monoisotopic (exact) mass is 276 g/mol. The van der Waals surface area contributed by atoms with Crippen molar-refractivity contribution in [3.63, 3.8) is 0 Å². The zero-order valence-corrected chi connectivity index (χ0v) is 11.6. The summed E-state index contributed by atoms with van der Waals surface area (Å²) in [5, 5.41) is 11.6. The van der Waals surface area contributed by atoms with Crippen LogP contribution in [-0.4, -0.2) is 66.4 Å². The number of carbonyl (C=O) groups is 2. The summed E-state index contributed by atoms with van der Waals surface area (Å²) < 4.78 is 5.04. The quantitative estimate of drug-likeness (QED) is 0.679. The number of carbonyl (C=O) groups excluding carboxylic acids is 1. The van der Waals surface area contributed by atoms with Gasteiger partial charge in [-0.2, -0.15) is 11.8 Å². The molecule has 0 aromatic rings. The van der Waals surface area contributed by atoms with Gasteiger partial charge in [-0.1, -0.05) is 0 Å². The van der Waals surface area contributed by atoms with Crippen LogP contribution in [0.2, 0.25) is 0 Å². The van der Waals surface area contributed by atoms with Crippen molar-refractivity contribution in [2.24, 2.45) is 0 Å². The highest BCUT2D eigenvalue weighted by Crippen LogP contribution is 2.46. The second-order valence-electron chi connectivity index (χ2n) is 4.35. The van der Waals surface area contributed by atoms with Gasteiger partial charge in [0.1, 0.15) is 6.54 Å². The molecule has 0 bridgehead atoms. The van der Waals surface area contributed by atoms with E-state index in [4.69, 9.17) is 9.84 Å². The van der Waals surface area contributed by atoms with E-state index in [2.05, 4.69) is 5.32 Å². The Bertz CT molecular complexity index is 307. The minimum Gasteiger partial charge on any atom is -0.480 e. The zero-order chi connectivity index (χ0) is 13.6. The van der Waals surface area contributed by atoms with Crippen molar-refractivity contribution < 1.29 is 19.4 Å². The number of methoxy groups -OCH3 is 1. The molecule has 2 N–H and O–H groups in total. The van der Waals surface area contributed by atoms with Crippen LogP contribution in [0.4, 0.5) is 4.79 Å². The number of rotatable bonds is 8. The van der Waals surface area contributed by atoms with Gasteiger partial charge in [0.25, 0.3) is 0 Å². The second-order valence-corrected chi connectivity index (χ2v) is 5.63. The third kappa shape index (κ3) is 4.73. The first-order valence-corrected chi connectivity index (χ1v) is 7.04. The van der Waals surface area contributed by atoms with E-state index in [1.165, 1.54) is 12.0 Å². The van der Waals surface area contributed by atoms with Gasteiger partial charge in [0, 0.05) is 24.9 Å². The van der Waals surface area contributed by atoms with Crippen LogP contribution in [0.1, 0.15) is 12.8 Å². The number of thioether (sulfide) groups is 1. The molecule has 0 heterocycles. The number of ether oxygens (including phenoxy) is 1. The molecule has 0 aromatic carbocycles. The fraction of sp³-hybridized carbons (Fsp3) is 0.818. The summed E-state index contributed by atoms with van der Waals surface area (Å²) in [5.41, 5.74) is 0. The second kappa shape index (κ2) is 6.84. The molecule has 1 rings (SSSR count). The molecule has 7 heteroatoms. The molecule has 1 aliphatic rings. The molecule has 18 heavy (non-hydrogen) atoms. The maximum absolute atomic E-state index is 11.9. The lowest BCUT2D eigenvalue weighted by Crippen LogP contribution is -2.46. The van der Waals surface area contributed by atoms with E-state index < -0.39 is 5.97 Å². The van der Waals surface area contributed by atoms with Gasteiger partial charge < -0.3 is 20.1 Å². The predicted molar refractivity (Wildman–Crippen MR) is 70.0 cm³/mol. The van der Waals surface area contributed by atoms with E-state index in [-0.39, 0.29) is 23.9 Å². The molecule has 1 aliphatic carbocycles.